The van der Waals surface area contributed by atoms with E-state index in [9.17, 15) is 9.59 Å². The minimum Gasteiger partial charge on any atom is -0.443 e. The number of carbonyl (C=O) groups is 2. The lowest BCUT2D eigenvalue weighted by Gasteiger charge is -2.28. The Bertz CT molecular complexity index is 1090. The molecule has 0 atom stereocenters. The van der Waals surface area contributed by atoms with Crippen molar-refractivity contribution in [1.29, 1.82) is 0 Å². The molecule has 3 rings (SSSR count). The Balaban J connectivity index is 2.19. The zero-order chi connectivity index (χ0) is 23.0. The summed E-state index contributed by atoms with van der Waals surface area (Å²) in [6, 6.07) is 3.66. The van der Waals surface area contributed by atoms with Gasteiger partial charge in [-0.25, -0.2) is 19.6 Å². The molecule has 0 aromatic carbocycles. The van der Waals surface area contributed by atoms with Gasteiger partial charge in [0.15, 0.2) is 11.5 Å². The molecule has 0 N–H and O–H groups in total. The van der Waals surface area contributed by atoms with Crippen molar-refractivity contribution in [3.8, 4) is 5.69 Å². The van der Waals surface area contributed by atoms with Crippen LogP contribution >= 0.6 is 22.6 Å². The number of rotatable bonds is 2. The fourth-order valence-corrected chi connectivity index (χ4v) is 3.50. The maximum atomic E-state index is 13.0. The molecule has 0 fully saturated rings. The van der Waals surface area contributed by atoms with Crippen molar-refractivity contribution in [1.82, 2.24) is 19.5 Å². The molecule has 0 aliphatic carbocycles. The van der Waals surface area contributed by atoms with E-state index < -0.39 is 23.4 Å². The average Bonchev–Trinajstić information content (AvgIpc) is 2.97. The SMILES string of the molecule is CC(C)(C)OC(=O)N(C(=O)OC(C)(C)C)c1ncnc2c1c(I)cn2-c1ccncc1. The number of imide groups is 1. The molecule has 0 unspecified atom stereocenters. The molecule has 0 aliphatic rings. The third-order valence-electron chi connectivity index (χ3n) is 3.82. The van der Waals surface area contributed by atoms with Gasteiger partial charge >= 0.3 is 12.2 Å². The van der Waals surface area contributed by atoms with Gasteiger partial charge in [0.05, 0.1) is 11.1 Å². The van der Waals surface area contributed by atoms with E-state index in [4.69, 9.17) is 9.47 Å². The highest BCUT2D eigenvalue weighted by Gasteiger charge is 2.35. The number of hydrogen-bond donors (Lipinski definition) is 0. The number of anilines is 1. The standard InChI is InChI=1S/C21H24IN5O4/c1-20(2,3)30-18(28)27(19(29)31-21(4,5)6)17-15-14(22)11-26(16(15)24-12-25-17)13-7-9-23-10-8-13/h7-12H,1-6H3. The maximum Gasteiger partial charge on any atom is 0.425 e. The Morgan fingerprint density at radius 3 is 2.03 bits per heavy atom. The van der Waals surface area contributed by atoms with E-state index in [1.54, 1.807) is 53.9 Å². The fraction of sp³-hybridized carbons (Fsp3) is 0.381. The first-order valence-corrected chi connectivity index (χ1v) is 10.6. The number of fused-ring (bicyclic) bond motifs is 1. The second-order valence-electron chi connectivity index (χ2n) is 8.74. The lowest BCUT2D eigenvalue weighted by molar-refractivity contribution is 0.0429. The topological polar surface area (TPSA) is 99.4 Å². The zero-order valence-corrected chi connectivity index (χ0v) is 20.4. The van der Waals surface area contributed by atoms with Crippen molar-refractivity contribution in [2.24, 2.45) is 0 Å². The average molecular weight is 537 g/mol. The number of nitrogens with zero attached hydrogens (tertiary/aromatic N) is 5. The number of carbonyl (C=O) groups excluding carboxylic acids is 2. The molecule has 164 valence electrons. The van der Waals surface area contributed by atoms with E-state index in [1.165, 1.54) is 6.33 Å². The number of amides is 2. The minimum absolute atomic E-state index is 0.0886. The monoisotopic (exact) mass is 537 g/mol. The van der Waals surface area contributed by atoms with Crippen LogP contribution in [0.25, 0.3) is 16.7 Å². The first-order chi connectivity index (χ1) is 14.4. The molecule has 3 aromatic heterocycles. The molecule has 31 heavy (non-hydrogen) atoms. The molecule has 10 heteroatoms. The smallest absolute Gasteiger partial charge is 0.425 e. The van der Waals surface area contributed by atoms with Gasteiger partial charge in [-0.15, -0.1) is 0 Å². The summed E-state index contributed by atoms with van der Waals surface area (Å²) in [5.41, 5.74) is -0.287. The molecule has 0 saturated carbocycles. The van der Waals surface area contributed by atoms with Crippen molar-refractivity contribution in [2.75, 3.05) is 4.90 Å². The van der Waals surface area contributed by atoms with Gasteiger partial charge in [0.25, 0.3) is 0 Å². The van der Waals surface area contributed by atoms with Crippen LogP contribution < -0.4 is 4.90 Å². The van der Waals surface area contributed by atoms with E-state index >= 15 is 0 Å². The van der Waals surface area contributed by atoms with Crippen LogP contribution in [0.4, 0.5) is 15.4 Å². The van der Waals surface area contributed by atoms with Crippen LogP contribution in [0.1, 0.15) is 41.5 Å². The predicted octanol–water partition coefficient (Wildman–Crippen LogP) is 5.10. The first-order valence-electron chi connectivity index (χ1n) is 9.55. The Morgan fingerprint density at radius 1 is 0.968 bits per heavy atom. The highest BCUT2D eigenvalue weighted by Crippen LogP contribution is 2.32. The summed E-state index contributed by atoms with van der Waals surface area (Å²) in [5, 5.41) is 0.525. The van der Waals surface area contributed by atoms with Crippen LogP contribution in [0, 0.1) is 3.57 Å². The van der Waals surface area contributed by atoms with E-state index in [0.29, 0.717) is 11.0 Å². The molecule has 0 radical (unpaired) electrons. The van der Waals surface area contributed by atoms with Crippen molar-refractivity contribution in [2.45, 2.75) is 52.7 Å². The van der Waals surface area contributed by atoms with Gasteiger partial charge in [-0.2, -0.15) is 4.90 Å². The normalized spacial score (nSPS) is 12.0. The van der Waals surface area contributed by atoms with Gasteiger partial charge in [-0.05, 0) is 76.3 Å². The Kier molecular flexibility index (Phi) is 6.21. The fourth-order valence-electron chi connectivity index (χ4n) is 2.74. The zero-order valence-electron chi connectivity index (χ0n) is 18.2. The van der Waals surface area contributed by atoms with E-state index in [0.717, 1.165) is 14.2 Å². The van der Waals surface area contributed by atoms with Gasteiger partial charge in [-0.3, -0.25) is 9.55 Å². The van der Waals surface area contributed by atoms with Crippen LogP contribution in [-0.2, 0) is 9.47 Å². The lowest BCUT2D eigenvalue weighted by Crippen LogP contribution is -2.44. The van der Waals surface area contributed by atoms with Crippen molar-refractivity contribution < 1.29 is 19.1 Å². The third kappa shape index (κ3) is 5.30. The van der Waals surface area contributed by atoms with Crippen LogP contribution in [-0.4, -0.2) is 42.9 Å². The van der Waals surface area contributed by atoms with Gasteiger partial charge in [0.1, 0.15) is 17.5 Å². The van der Waals surface area contributed by atoms with Crippen LogP contribution in [0.15, 0.2) is 37.1 Å². The molecule has 0 bridgehead atoms. The van der Waals surface area contributed by atoms with Crippen molar-refractivity contribution in [3.05, 3.63) is 40.6 Å². The summed E-state index contributed by atoms with van der Waals surface area (Å²) in [7, 11) is 0. The maximum absolute atomic E-state index is 13.0. The lowest BCUT2D eigenvalue weighted by atomic mass is 10.2. The van der Waals surface area contributed by atoms with E-state index in [1.807, 2.05) is 22.9 Å². The number of pyridine rings is 1. The Hall–Kier alpha value is -2.76. The highest BCUT2D eigenvalue weighted by atomic mass is 127. The number of aromatic nitrogens is 4. The molecule has 0 aliphatic heterocycles. The Morgan fingerprint density at radius 2 is 1.52 bits per heavy atom. The molecule has 0 spiro atoms. The van der Waals surface area contributed by atoms with Crippen molar-refractivity contribution >= 4 is 51.6 Å². The largest absolute Gasteiger partial charge is 0.443 e. The second kappa shape index (κ2) is 8.40. The molecular formula is C21H24IN5O4. The summed E-state index contributed by atoms with van der Waals surface area (Å²) in [5.74, 6) is 0.0886. The Labute approximate surface area is 193 Å². The first kappa shape index (κ1) is 22.9. The van der Waals surface area contributed by atoms with Crippen LogP contribution in [0.2, 0.25) is 0 Å². The minimum atomic E-state index is -0.880. The van der Waals surface area contributed by atoms with Gasteiger partial charge < -0.3 is 9.47 Å². The van der Waals surface area contributed by atoms with Gasteiger partial charge in [-0.1, -0.05) is 0 Å². The number of halogens is 1. The molecular weight excluding hydrogens is 513 g/mol. The number of ether oxygens (including phenoxy) is 2. The summed E-state index contributed by atoms with van der Waals surface area (Å²) >= 11 is 2.12. The predicted molar refractivity (Wildman–Crippen MR) is 124 cm³/mol. The van der Waals surface area contributed by atoms with Crippen LogP contribution in [0.5, 0.6) is 0 Å². The van der Waals surface area contributed by atoms with E-state index in [2.05, 4.69) is 37.5 Å². The summed E-state index contributed by atoms with van der Waals surface area (Å²) < 4.78 is 13.5. The molecule has 9 nitrogen and oxygen atoms in total. The van der Waals surface area contributed by atoms with Gasteiger partial charge in [0, 0.05) is 22.2 Å². The van der Waals surface area contributed by atoms with Gasteiger partial charge in [0.2, 0.25) is 0 Å². The summed E-state index contributed by atoms with van der Waals surface area (Å²) in [6.07, 6.45) is 4.73. The highest BCUT2D eigenvalue weighted by molar-refractivity contribution is 14.1. The van der Waals surface area contributed by atoms with Crippen LogP contribution in [0.3, 0.4) is 0 Å². The molecule has 2 amide bonds. The third-order valence-corrected chi connectivity index (χ3v) is 4.64. The quantitative estimate of drug-likeness (QED) is 0.420. The summed E-state index contributed by atoms with van der Waals surface area (Å²) in [6.45, 7) is 10.3. The van der Waals surface area contributed by atoms with E-state index in [-0.39, 0.29) is 5.82 Å². The summed E-state index contributed by atoms with van der Waals surface area (Å²) in [4.78, 5) is 39.6. The second-order valence-corrected chi connectivity index (χ2v) is 9.91. The molecule has 3 aromatic rings. The number of hydrogen-bond acceptors (Lipinski definition) is 7. The molecule has 3 heterocycles. The van der Waals surface area contributed by atoms with Crippen molar-refractivity contribution in [3.63, 3.8) is 0 Å². The molecule has 0 saturated heterocycles.